The van der Waals surface area contributed by atoms with Crippen LogP contribution in [-0.2, 0) is 19.1 Å². The molecule has 1 atom stereocenters. The van der Waals surface area contributed by atoms with Crippen LogP contribution >= 0.6 is 0 Å². The van der Waals surface area contributed by atoms with E-state index in [1.807, 2.05) is 6.92 Å². The minimum atomic E-state index is -0.559. The van der Waals surface area contributed by atoms with Gasteiger partial charge in [-0.05, 0) is 50.5 Å². The number of amides is 1. The third kappa shape index (κ3) is 3.89. The number of rotatable bonds is 6. The number of phenols is 1. The predicted octanol–water partition coefficient (Wildman–Crippen LogP) is 2.64. The van der Waals surface area contributed by atoms with E-state index in [4.69, 9.17) is 14.2 Å². The predicted molar refractivity (Wildman–Crippen MR) is 103 cm³/mol. The van der Waals surface area contributed by atoms with E-state index in [1.54, 1.807) is 30.0 Å². The molecule has 2 heterocycles. The standard InChI is InChI=1S/C21H25NO6/c1-4-27-18-11-14(7-8-17(18)23)10-16-19(21(25)26-3)13(2)22(20(16)24)12-15-6-5-9-28-15/h7-8,10-11,15,23H,4-6,9,12H2,1-3H3/b16-10-. The topological polar surface area (TPSA) is 85.3 Å². The van der Waals surface area contributed by atoms with Crippen molar-refractivity contribution in [3.8, 4) is 11.5 Å². The highest BCUT2D eigenvalue weighted by Crippen LogP contribution is 2.34. The quantitative estimate of drug-likeness (QED) is 0.597. The van der Waals surface area contributed by atoms with Crippen molar-refractivity contribution in [3.05, 3.63) is 40.6 Å². The Labute approximate surface area is 164 Å². The summed E-state index contributed by atoms with van der Waals surface area (Å²) >= 11 is 0. The first-order valence-electron chi connectivity index (χ1n) is 9.36. The lowest BCUT2D eigenvalue weighted by molar-refractivity contribution is -0.136. The molecule has 1 N–H and O–H groups in total. The molecular formula is C21H25NO6. The smallest absolute Gasteiger partial charge is 0.340 e. The molecule has 1 unspecified atom stereocenters. The Morgan fingerprint density at radius 3 is 2.86 bits per heavy atom. The summed E-state index contributed by atoms with van der Waals surface area (Å²) < 4.78 is 16.0. The molecule has 1 aromatic carbocycles. The molecule has 1 fully saturated rings. The third-order valence-corrected chi connectivity index (χ3v) is 4.91. The minimum absolute atomic E-state index is 0.0154. The molecule has 7 heteroatoms. The summed E-state index contributed by atoms with van der Waals surface area (Å²) in [4.78, 5) is 27.1. The van der Waals surface area contributed by atoms with Gasteiger partial charge in [-0.3, -0.25) is 4.79 Å². The molecule has 3 rings (SSSR count). The second-order valence-corrected chi connectivity index (χ2v) is 6.72. The average molecular weight is 387 g/mol. The van der Waals surface area contributed by atoms with Gasteiger partial charge >= 0.3 is 5.97 Å². The van der Waals surface area contributed by atoms with Crippen LogP contribution in [-0.4, -0.2) is 54.9 Å². The zero-order chi connectivity index (χ0) is 20.3. The van der Waals surface area contributed by atoms with Crippen LogP contribution in [0.1, 0.15) is 32.3 Å². The Morgan fingerprint density at radius 1 is 1.43 bits per heavy atom. The lowest BCUT2D eigenvalue weighted by Crippen LogP contribution is -2.33. The Morgan fingerprint density at radius 2 is 2.21 bits per heavy atom. The lowest BCUT2D eigenvalue weighted by Gasteiger charge is -2.21. The maximum Gasteiger partial charge on any atom is 0.340 e. The van der Waals surface area contributed by atoms with Crippen molar-refractivity contribution in [3.63, 3.8) is 0 Å². The zero-order valence-electron chi connectivity index (χ0n) is 16.4. The van der Waals surface area contributed by atoms with Crippen LogP contribution in [0.2, 0.25) is 0 Å². The Kier molecular flexibility index (Phi) is 6.04. The van der Waals surface area contributed by atoms with Gasteiger partial charge in [-0.25, -0.2) is 4.79 Å². The van der Waals surface area contributed by atoms with Gasteiger partial charge in [0.1, 0.15) is 0 Å². The number of methoxy groups -OCH3 is 1. The maximum absolute atomic E-state index is 13.1. The molecule has 0 spiro atoms. The molecule has 150 valence electrons. The van der Waals surface area contributed by atoms with Gasteiger partial charge in [0.2, 0.25) is 0 Å². The second-order valence-electron chi connectivity index (χ2n) is 6.72. The summed E-state index contributed by atoms with van der Waals surface area (Å²) in [5.74, 6) is -0.490. The number of carbonyl (C=O) groups is 2. The van der Waals surface area contributed by atoms with E-state index in [-0.39, 0.29) is 28.9 Å². The molecule has 0 bridgehead atoms. The van der Waals surface area contributed by atoms with E-state index in [0.29, 0.717) is 36.8 Å². The Balaban J connectivity index is 1.98. The number of hydrogen-bond donors (Lipinski definition) is 1. The van der Waals surface area contributed by atoms with Gasteiger partial charge in [0.05, 0.1) is 37.5 Å². The van der Waals surface area contributed by atoms with E-state index < -0.39 is 5.97 Å². The van der Waals surface area contributed by atoms with E-state index in [2.05, 4.69) is 0 Å². The van der Waals surface area contributed by atoms with E-state index >= 15 is 0 Å². The van der Waals surface area contributed by atoms with Gasteiger partial charge in [0.25, 0.3) is 5.91 Å². The summed E-state index contributed by atoms with van der Waals surface area (Å²) in [5, 5.41) is 9.88. The monoisotopic (exact) mass is 387 g/mol. The Bertz CT molecular complexity index is 835. The van der Waals surface area contributed by atoms with Crippen LogP contribution < -0.4 is 4.74 Å². The number of hydrogen-bond acceptors (Lipinski definition) is 6. The summed E-state index contributed by atoms with van der Waals surface area (Å²) in [6.45, 7) is 5.05. The summed E-state index contributed by atoms with van der Waals surface area (Å²) in [6.07, 6.45) is 3.44. The number of esters is 1. The maximum atomic E-state index is 13.1. The molecule has 1 aromatic rings. The SMILES string of the molecule is CCOc1cc(/C=C2\C(=O)N(CC3CCCO3)C(C)=C2C(=O)OC)ccc1O. The number of benzene rings is 1. The average Bonchev–Trinajstić information content (AvgIpc) is 3.27. The van der Waals surface area contributed by atoms with Crippen molar-refractivity contribution < 1.29 is 28.9 Å². The molecule has 7 nitrogen and oxygen atoms in total. The third-order valence-electron chi connectivity index (χ3n) is 4.91. The van der Waals surface area contributed by atoms with Crippen LogP contribution in [0.15, 0.2) is 35.0 Å². The van der Waals surface area contributed by atoms with Gasteiger partial charge in [0.15, 0.2) is 11.5 Å². The van der Waals surface area contributed by atoms with E-state index in [9.17, 15) is 14.7 Å². The fraction of sp³-hybridized carbons (Fsp3) is 0.429. The number of nitrogens with zero attached hydrogens (tertiary/aromatic N) is 1. The number of allylic oxidation sites excluding steroid dienone is 1. The van der Waals surface area contributed by atoms with Crippen molar-refractivity contribution in [2.24, 2.45) is 0 Å². The molecule has 2 aliphatic heterocycles. The molecule has 0 radical (unpaired) electrons. The van der Waals surface area contributed by atoms with E-state index in [1.165, 1.54) is 13.2 Å². The number of aromatic hydroxyl groups is 1. The molecule has 1 saturated heterocycles. The summed E-state index contributed by atoms with van der Waals surface area (Å²) in [6, 6.07) is 4.78. The first-order chi connectivity index (χ1) is 13.5. The molecule has 2 aliphatic rings. The van der Waals surface area contributed by atoms with Gasteiger partial charge in [-0.15, -0.1) is 0 Å². The van der Waals surface area contributed by atoms with Crippen molar-refractivity contribution in [1.82, 2.24) is 4.90 Å². The Hall–Kier alpha value is -2.80. The van der Waals surface area contributed by atoms with Crippen molar-refractivity contribution in [2.45, 2.75) is 32.8 Å². The van der Waals surface area contributed by atoms with Crippen LogP contribution in [0, 0.1) is 0 Å². The van der Waals surface area contributed by atoms with Crippen LogP contribution in [0.5, 0.6) is 11.5 Å². The van der Waals surface area contributed by atoms with Crippen molar-refractivity contribution >= 4 is 18.0 Å². The number of phenolic OH excluding ortho intramolecular Hbond substituents is 1. The largest absolute Gasteiger partial charge is 0.504 e. The first kappa shape index (κ1) is 19.9. The zero-order valence-corrected chi connectivity index (χ0v) is 16.4. The van der Waals surface area contributed by atoms with E-state index in [0.717, 1.165) is 12.8 Å². The van der Waals surface area contributed by atoms with Gasteiger partial charge in [-0.2, -0.15) is 0 Å². The fourth-order valence-electron chi connectivity index (χ4n) is 3.50. The first-order valence-corrected chi connectivity index (χ1v) is 9.36. The molecule has 1 amide bonds. The minimum Gasteiger partial charge on any atom is -0.504 e. The van der Waals surface area contributed by atoms with Crippen molar-refractivity contribution in [2.75, 3.05) is 26.9 Å². The van der Waals surface area contributed by atoms with Crippen molar-refractivity contribution in [1.29, 1.82) is 0 Å². The lowest BCUT2D eigenvalue weighted by atomic mass is 10.0. The highest BCUT2D eigenvalue weighted by Gasteiger charge is 2.38. The fourth-order valence-corrected chi connectivity index (χ4v) is 3.50. The molecule has 28 heavy (non-hydrogen) atoms. The van der Waals surface area contributed by atoms with Crippen LogP contribution in [0.4, 0.5) is 0 Å². The number of ether oxygens (including phenoxy) is 3. The molecular weight excluding hydrogens is 362 g/mol. The summed E-state index contributed by atoms with van der Waals surface area (Å²) in [5.41, 5.74) is 1.70. The highest BCUT2D eigenvalue weighted by atomic mass is 16.5. The van der Waals surface area contributed by atoms with Crippen LogP contribution in [0.25, 0.3) is 6.08 Å². The summed E-state index contributed by atoms with van der Waals surface area (Å²) in [7, 11) is 1.29. The normalized spacial score (nSPS) is 21.0. The second kappa shape index (κ2) is 8.48. The van der Waals surface area contributed by atoms with Gasteiger partial charge in [-0.1, -0.05) is 6.07 Å². The van der Waals surface area contributed by atoms with Gasteiger partial charge in [0, 0.05) is 12.3 Å². The van der Waals surface area contributed by atoms with Gasteiger partial charge < -0.3 is 24.2 Å². The van der Waals surface area contributed by atoms with Crippen LogP contribution in [0.3, 0.4) is 0 Å². The highest BCUT2D eigenvalue weighted by molar-refractivity contribution is 6.16. The molecule has 0 saturated carbocycles. The molecule has 0 aromatic heterocycles. The molecule has 0 aliphatic carbocycles. The number of carbonyl (C=O) groups excluding carboxylic acids is 2.